The summed E-state index contributed by atoms with van der Waals surface area (Å²) in [6.07, 6.45) is 17.6. The molecular weight excluding hydrogens is 644 g/mol. The van der Waals surface area contributed by atoms with Crippen molar-refractivity contribution in [3.8, 4) is 0 Å². The molecule has 0 amide bonds. The number of halogens is 3. The molecule has 44 heavy (non-hydrogen) atoms. The molecular formula is C37H51Cl3N3V-3. The van der Waals surface area contributed by atoms with Crippen LogP contribution in [0.4, 0.5) is 11.4 Å². The molecule has 3 nitrogen and oxygen atoms in total. The topological polar surface area (TPSA) is 37.6 Å². The van der Waals surface area contributed by atoms with Crippen molar-refractivity contribution in [2.24, 2.45) is 9.98 Å². The molecule has 0 bridgehead atoms. The van der Waals surface area contributed by atoms with Crippen LogP contribution >= 0.6 is 0 Å². The molecule has 0 unspecified atom stereocenters. The number of aromatic nitrogens is 1. The van der Waals surface area contributed by atoms with Crippen LogP contribution in [0.2, 0.25) is 0 Å². The van der Waals surface area contributed by atoms with Crippen LogP contribution in [0.15, 0.2) is 52.4 Å². The fraction of sp³-hybridized carbons (Fsp3) is 0.486. The smallest absolute Gasteiger partial charge is 0.0820 e. The van der Waals surface area contributed by atoms with Gasteiger partial charge in [-0.1, -0.05) is 94.8 Å². The van der Waals surface area contributed by atoms with Crippen LogP contribution in [-0.2, 0) is 44.2 Å². The van der Waals surface area contributed by atoms with E-state index in [9.17, 15) is 0 Å². The summed E-state index contributed by atoms with van der Waals surface area (Å²) in [5, 5.41) is 0. The predicted molar refractivity (Wildman–Crippen MR) is 176 cm³/mol. The summed E-state index contributed by atoms with van der Waals surface area (Å²) in [6, 6.07) is 15.4. The maximum atomic E-state index is 5.06. The van der Waals surface area contributed by atoms with E-state index >= 15 is 0 Å². The summed E-state index contributed by atoms with van der Waals surface area (Å²) in [5.74, 6) is 0. The molecule has 0 aliphatic carbocycles. The molecule has 1 radical (unpaired) electrons. The van der Waals surface area contributed by atoms with E-state index in [0.717, 1.165) is 48.4 Å². The molecule has 0 saturated heterocycles. The largest absolute Gasteiger partial charge is 1.00 e. The van der Waals surface area contributed by atoms with Crippen molar-refractivity contribution in [3.63, 3.8) is 0 Å². The van der Waals surface area contributed by atoms with Gasteiger partial charge >= 0.3 is 0 Å². The standard InChI is InChI=1S/C37H51N3.3ClH.V/c1-7-11-16-30-22-28(5)23-31(17-12-8-2)36(30)38-26-34-20-15-21-35(40-34)27-39-37-32(18-13-9-3)24-29(6)25-33(37)19-14-10-4;;;;/h15,20-27H,7-14,16-19H2,1-6H3;3*1H;/p-3. The molecule has 1 aromatic heterocycles. The minimum Gasteiger partial charge on any atom is -1.00 e. The van der Waals surface area contributed by atoms with Crippen molar-refractivity contribution in [1.29, 1.82) is 0 Å². The monoisotopic (exact) mass is 693 g/mol. The van der Waals surface area contributed by atoms with Gasteiger partial charge in [0.2, 0.25) is 0 Å². The zero-order valence-corrected chi connectivity index (χ0v) is 31.3. The first-order valence-electron chi connectivity index (χ1n) is 15.8. The van der Waals surface area contributed by atoms with Crippen LogP contribution in [0, 0.1) is 13.8 Å². The van der Waals surface area contributed by atoms with Gasteiger partial charge in [0, 0.05) is 18.6 Å². The number of unbranched alkanes of at least 4 members (excludes halogenated alkanes) is 4. The quantitative estimate of drug-likeness (QED) is 0.210. The Morgan fingerprint density at radius 2 is 0.841 bits per heavy atom. The van der Waals surface area contributed by atoms with Crippen LogP contribution in [0.1, 0.15) is 124 Å². The number of aryl methyl sites for hydroxylation is 6. The Kier molecular flexibility index (Phi) is 24.9. The number of hydrogen-bond acceptors (Lipinski definition) is 3. The second-order valence-corrected chi connectivity index (χ2v) is 11.3. The first-order valence-corrected chi connectivity index (χ1v) is 15.8. The van der Waals surface area contributed by atoms with E-state index in [2.05, 4.69) is 71.9 Å². The Labute approximate surface area is 298 Å². The minimum absolute atomic E-state index is 0. The van der Waals surface area contributed by atoms with Gasteiger partial charge in [-0.3, -0.25) is 9.98 Å². The van der Waals surface area contributed by atoms with Crippen LogP contribution in [-0.4, -0.2) is 17.4 Å². The average Bonchev–Trinajstić information content (AvgIpc) is 2.95. The van der Waals surface area contributed by atoms with Crippen LogP contribution < -0.4 is 37.2 Å². The maximum absolute atomic E-state index is 5.06. The van der Waals surface area contributed by atoms with Gasteiger partial charge in [-0.15, -0.1) is 0 Å². The molecule has 7 heteroatoms. The Morgan fingerprint density at radius 1 is 0.545 bits per heavy atom. The minimum atomic E-state index is 0. The molecule has 243 valence electrons. The Balaban J connectivity index is 0. The van der Waals surface area contributed by atoms with Gasteiger partial charge in [0.1, 0.15) is 0 Å². The van der Waals surface area contributed by atoms with E-state index in [0.29, 0.717) is 0 Å². The summed E-state index contributed by atoms with van der Waals surface area (Å²) >= 11 is 0. The number of pyridine rings is 1. The Hall–Kier alpha value is -1.62. The zero-order valence-electron chi connectivity index (χ0n) is 27.6. The van der Waals surface area contributed by atoms with E-state index in [1.807, 2.05) is 24.6 Å². The van der Waals surface area contributed by atoms with Crippen molar-refractivity contribution in [1.82, 2.24) is 4.98 Å². The number of aliphatic imine (C=N–C) groups is 2. The summed E-state index contributed by atoms with van der Waals surface area (Å²) in [5.41, 5.74) is 12.1. The summed E-state index contributed by atoms with van der Waals surface area (Å²) in [7, 11) is 0. The third kappa shape index (κ3) is 14.2. The SMILES string of the molecule is CCCCc1cc(C)cc(CCCC)c1N=Cc1cccc(C=Nc2c(CCCC)cc(C)cc2CCCC)n1.[Cl-].[Cl-].[Cl-].[V]. The number of hydrogen-bond donors (Lipinski definition) is 0. The molecule has 0 N–H and O–H groups in total. The zero-order chi connectivity index (χ0) is 28.7. The van der Waals surface area contributed by atoms with E-state index in [4.69, 9.17) is 15.0 Å². The van der Waals surface area contributed by atoms with Crippen molar-refractivity contribution < 1.29 is 55.8 Å². The first kappa shape index (κ1) is 44.5. The molecule has 3 rings (SSSR count). The van der Waals surface area contributed by atoms with Gasteiger partial charge < -0.3 is 37.2 Å². The normalized spacial score (nSPS) is 10.7. The van der Waals surface area contributed by atoms with E-state index in [-0.39, 0.29) is 55.8 Å². The second kappa shape index (κ2) is 24.6. The van der Waals surface area contributed by atoms with Crippen LogP contribution in [0.25, 0.3) is 0 Å². The molecule has 2 aromatic carbocycles. The Bertz CT molecular complexity index is 1140. The third-order valence-electron chi connectivity index (χ3n) is 7.47. The molecule has 0 saturated carbocycles. The molecule has 0 aliphatic rings. The maximum Gasteiger partial charge on any atom is 0.0820 e. The second-order valence-electron chi connectivity index (χ2n) is 11.3. The van der Waals surface area contributed by atoms with Gasteiger partial charge in [0.25, 0.3) is 0 Å². The fourth-order valence-electron chi connectivity index (χ4n) is 5.31. The van der Waals surface area contributed by atoms with E-state index in [1.165, 1.54) is 84.7 Å². The Morgan fingerprint density at radius 3 is 1.11 bits per heavy atom. The number of rotatable bonds is 16. The van der Waals surface area contributed by atoms with E-state index in [1.54, 1.807) is 0 Å². The van der Waals surface area contributed by atoms with Crippen molar-refractivity contribution in [2.45, 2.75) is 119 Å². The van der Waals surface area contributed by atoms with Gasteiger partial charge in [-0.25, -0.2) is 4.98 Å². The fourth-order valence-corrected chi connectivity index (χ4v) is 5.31. The molecule has 3 aromatic rings. The first-order chi connectivity index (χ1) is 19.5. The van der Waals surface area contributed by atoms with Crippen molar-refractivity contribution in [2.75, 3.05) is 0 Å². The summed E-state index contributed by atoms with van der Waals surface area (Å²) in [4.78, 5) is 15.0. The summed E-state index contributed by atoms with van der Waals surface area (Å²) < 4.78 is 0. The van der Waals surface area contributed by atoms with Crippen molar-refractivity contribution >= 4 is 23.8 Å². The van der Waals surface area contributed by atoms with Gasteiger partial charge in [0.05, 0.1) is 35.2 Å². The molecule has 1 heterocycles. The van der Waals surface area contributed by atoms with Gasteiger partial charge in [-0.2, -0.15) is 0 Å². The summed E-state index contributed by atoms with van der Waals surface area (Å²) in [6.45, 7) is 13.4. The number of nitrogens with zero attached hydrogens (tertiary/aromatic N) is 3. The molecule has 0 aliphatic heterocycles. The molecule has 0 atom stereocenters. The van der Waals surface area contributed by atoms with Crippen LogP contribution in [0.3, 0.4) is 0 Å². The average molecular weight is 695 g/mol. The molecule has 0 fully saturated rings. The van der Waals surface area contributed by atoms with Crippen LogP contribution in [0.5, 0.6) is 0 Å². The van der Waals surface area contributed by atoms with Gasteiger partial charge in [-0.05, 0) is 99.6 Å². The van der Waals surface area contributed by atoms with Gasteiger partial charge in [0.15, 0.2) is 0 Å². The predicted octanol–water partition coefficient (Wildman–Crippen LogP) is 1.58. The van der Waals surface area contributed by atoms with Crippen molar-refractivity contribution in [3.05, 3.63) is 87.2 Å². The molecule has 0 spiro atoms. The number of benzene rings is 2. The van der Waals surface area contributed by atoms with E-state index < -0.39 is 0 Å². The third-order valence-corrected chi connectivity index (χ3v) is 7.47.